The van der Waals surface area contributed by atoms with Crippen LogP contribution in [0.3, 0.4) is 0 Å². The van der Waals surface area contributed by atoms with Crippen molar-refractivity contribution in [3.8, 4) is 5.75 Å². The minimum absolute atomic E-state index is 0.277. The number of anilines is 3. The fourth-order valence-electron chi connectivity index (χ4n) is 1.87. The molecule has 2 rings (SSSR count). The van der Waals surface area contributed by atoms with Gasteiger partial charge in [0.05, 0.1) is 6.61 Å². The third-order valence-electron chi connectivity index (χ3n) is 2.95. The molecule has 0 saturated carbocycles. The van der Waals surface area contributed by atoms with Crippen molar-refractivity contribution >= 4 is 17.3 Å². The number of nitrogens with one attached hydrogen (secondary N) is 2. The predicted octanol–water partition coefficient (Wildman–Crippen LogP) is 3.78. The van der Waals surface area contributed by atoms with Gasteiger partial charge in [0.25, 0.3) is 0 Å². The molecule has 1 aromatic heterocycles. The molecule has 0 fully saturated rings. The minimum Gasteiger partial charge on any atom is -0.494 e. The monoisotopic (exact) mass is 286 g/mol. The Morgan fingerprint density at radius 2 is 1.76 bits per heavy atom. The molecule has 5 heteroatoms. The fraction of sp³-hybridized carbons (Fsp3) is 0.375. The SMILES string of the molecule is CCOc1ccc(Nc2cc(NC)nc(C(C)C)n2)cc1. The molecule has 21 heavy (non-hydrogen) atoms. The first-order chi connectivity index (χ1) is 10.1. The Bertz CT molecular complexity index is 581. The van der Waals surface area contributed by atoms with E-state index in [4.69, 9.17) is 4.74 Å². The first kappa shape index (κ1) is 15.1. The van der Waals surface area contributed by atoms with E-state index in [2.05, 4.69) is 34.4 Å². The second-order valence-corrected chi connectivity index (χ2v) is 4.98. The normalized spacial score (nSPS) is 10.5. The van der Waals surface area contributed by atoms with Gasteiger partial charge in [0.2, 0.25) is 0 Å². The second-order valence-electron chi connectivity index (χ2n) is 4.98. The molecule has 0 aliphatic rings. The van der Waals surface area contributed by atoms with E-state index in [1.807, 2.05) is 44.3 Å². The predicted molar refractivity (Wildman–Crippen MR) is 86.6 cm³/mol. The van der Waals surface area contributed by atoms with Crippen molar-refractivity contribution in [2.45, 2.75) is 26.7 Å². The van der Waals surface area contributed by atoms with E-state index in [0.29, 0.717) is 6.61 Å². The lowest BCUT2D eigenvalue weighted by molar-refractivity contribution is 0.340. The van der Waals surface area contributed by atoms with E-state index in [0.717, 1.165) is 28.9 Å². The van der Waals surface area contributed by atoms with Gasteiger partial charge >= 0.3 is 0 Å². The van der Waals surface area contributed by atoms with Gasteiger partial charge in [-0.05, 0) is 31.2 Å². The molecular formula is C16H22N4O. The highest BCUT2D eigenvalue weighted by Crippen LogP contribution is 2.22. The molecule has 1 heterocycles. The van der Waals surface area contributed by atoms with Gasteiger partial charge in [-0.2, -0.15) is 0 Å². The smallest absolute Gasteiger partial charge is 0.136 e. The van der Waals surface area contributed by atoms with Crippen molar-refractivity contribution < 1.29 is 4.74 Å². The molecule has 0 radical (unpaired) electrons. The lowest BCUT2D eigenvalue weighted by Gasteiger charge is -2.12. The molecule has 0 aliphatic heterocycles. The Kier molecular flexibility index (Phi) is 4.98. The van der Waals surface area contributed by atoms with Crippen molar-refractivity contribution in [1.29, 1.82) is 0 Å². The number of ether oxygens (including phenoxy) is 1. The largest absolute Gasteiger partial charge is 0.494 e. The number of benzene rings is 1. The molecule has 0 spiro atoms. The second kappa shape index (κ2) is 6.92. The Morgan fingerprint density at radius 1 is 1.10 bits per heavy atom. The molecule has 0 saturated heterocycles. The van der Waals surface area contributed by atoms with Crippen molar-refractivity contribution in [3.05, 3.63) is 36.2 Å². The molecule has 0 unspecified atom stereocenters. The Labute approximate surface area is 125 Å². The van der Waals surface area contributed by atoms with Crippen LogP contribution in [0.2, 0.25) is 0 Å². The maximum absolute atomic E-state index is 5.43. The molecule has 112 valence electrons. The van der Waals surface area contributed by atoms with Crippen LogP contribution in [0.15, 0.2) is 30.3 Å². The average Bonchev–Trinajstić information content (AvgIpc) is 2.49. The van der Waals surface area contributed by atoms with E-state index < -0.39 is 0 Å². The molecular weight excluding hydrogens is 264 g/mol. The third kappa shape index (κ3) is 4.08. The maximum Gasteiger partial charge on any atom is 0.136 e. The zero-order valence-electron chi connectivity index (χ0n) is 13.0. The first-order valence-electron chi connectivity index (χ1n) is 7.19. The van der Waals surface area contributed by atoms with E-state index in [1.165, 1.54) is 0 Å². The Morgan fingerprint density at radius 3 is 2.33 bits per heavy atom. The van der Waals surface area contributed by atoms with Crippen LogP contribution in [0, 0.1) is 0 Å². The molecule has 0 aliphatic carbocycles. The fourth-order valence-corrected chi connectivity index (χ4v) is 1.87. The van der Waals surface area contributed by atoms with E-state index in [-0.39, 0.29) is 5.92 Å². The van der Waals surface area contributed by atoms with Crippen LogP contribution < -0.4 is 15.4 Å². The number of rotatable bonds is 6. The number of nitrogens with zero attached hydrogens (tertiary/aromatic N) is 2. The number of hydrogen-bond acceptors (Lipinski definition) is 5. The minimum atomic E-state index is 0.277. The molecule has 5 nitrogen and oxygen atoms in total. The van der Waals surface area contributed by atoms with Gasteiger partial charge in [0.15, 0.2) is 0 Å². The summed E-state index contributed by atoms with van der Waals surface area (Å²) in [5.74, 6) is 3.54. The summed E-state index contributed by atoms with van der Waals surface area (Å²) in [5, 5.41) is 6.36. The highest BCUT2D eigenvalue weighted by Gasteiger charge is 2.07. The van der Waals surface area contributed by atoms with E-state index >= 15 is 0 Å². The highest BCUT2D eigenvalue weighted by molar-refractivity contribution is 5.60. The molecule has 1 aromatic carbocycles. The Hall–Kier alpha value is -2.30. The summed E-state index contributed by atoms with van der Waals surface area (Å²) in [6.07, 6.45) is 0. The van der Waals surface area contributed by atoms with Crippen LogP contribution >= 0.6 is 0 Å². The lowest BCUT2D eigenvalue weighted by Crippen LogP contribution is -2.05. The van der Waals surface area contributed by atoms with E-state index in [1.54, 1.807) is 0 Å². The maximum atomic E-state index is 5.43. The zero-order valence-corrected chi connectivity index (χ0v) is 13.0. The highest BCUT2D eigenvalue weighted by atomic mass is 16.5. The zero-order chi connectivity index (χ0) is 15.2. The number of aromatic nitrogens is 2. The van der Waals surface area contributed by atoms with Crippen LogP contribution in [-0.4, -0.2) is 23.6 Å². The van der Waals surface area contributed by atoms with Gasteiger partial charge in [-0.15, -0.1) is 0 Å². The van der Waals surface area contributed by atoms with Gasteiger partial charge in [-0.1, -0.05) is 13.8 Å². The summed E-state index contributed by atoms with van der Waals surface area (Å²) in [7, 11) is 1.85. The molecule has 2 N–H and O–H groups in total. The van der Waals surface area contributed by atoms with Crippen LogP contribution in [0.1, 0.15) is 32.5 Å². The van der Waals surface area contributed by atoms with Crippen molar-refractivity contribution in [2.75, 3.05) is 24.3 Å². The number of hydrogen-bond donors (Lipinski definition) is 2. The summed E-state index contributed by atoms with van der Waals surface area (Å²) in [6.45, 7) is 6.80. The molecule has 0 amide bonds. The van der Waals surface area contributed by atoms with Crippen molar-refractivity contribution in [3.63, 3.8) is 0 Å². The van der Waals surface area contributed by atoms with Crippen molar-refractivity contribution in [1.82, 2.24) is 9.97 Å². The van der Waals surface area contributed by atoms with Crippen LogP contribution in [0.5, 0.6) is 5.75 Å². The van der Waals surface area contributed by atoms with Gasteiger partial charge < -0.3 is 15.4 Å². The van der Waals surface area contributed by atoms with Crippen molar-refractivity contribution in [2.24, 2.45) is 0 Å². The van der Waals surface area contributed by atoms with E-state index in [9.17, 15) is 0 Å². The van der Waals surface area contributed by atoms with Gasteiger partial charge in [-0.25, -0.2) is 9.97 Å². The summed E-state index contributed by atoms with van der Waals surface area (Å²) in [6, 6.07) is 9.72. The summed E-state index contributed by atoms with van der Waals surface area (Å²) >= 11 is 0. The van der Waals surface area contributed by atoms with Crippen LogP contribution in [0.25, 0.3) is 0 Å². The summed E-state index contributed by atoms with van der Waals surface area (Å²) in [4.78, 5) is 8.99. The molecule has 0 bridgehead atoms. The summed E-state index contributed by atoms with van der Waals surface area (Å²) in [5.41, 5.74) is 0.967. The molecule has 0 atom stereocenters. The van der Waals surface area contributed by atoms with Gasteiger partial charge in [0.1, 0.15) is 23.2 Å². The third-order valence-corrected chi connectivity index (χ3v) is 2.95. The average molecular weight is 286 g/mol. The van der Waals surface area contributed by atoms with Crippen LogP contribution in [-0.2, 0) is 0 Å². The Balaban J connectivity index is 2.19. The lowest BCUT2D eigenvalue weighted by atomic mass is 10.2. The van der Waals surface area contributed by atoms with Gasteiger partial charge in [0, 0.05) is 24.7 Å². The standard InChI is InChI=1S/C16H22N4O/c1-5-21-13-8-6-12(7-9-13)18-15-10-14(17-4)19-16(20-15)11(2)3/h6-11H,5H2,1-4H3,(H2,17,18,19,20). The van der Waals surface area contributed by atoms with Gasteiger partial charge in [-0.3, -0.25) is 0 Å². The summed E-state index contributed by atoms with van der Waals surface area (Å²) < 4.78 is 5.43. The quantitative estimate of drug-likeness (QED) is 0.846. The van der Waals surface area contributed by atoms with Crippen LogP contribution in [0.4, 0.5) is 17.3 Å². The molecule has 2 aromatic rings. The topological polar surface area (TPSA) is 59.1 Å². The first-order valence-corrected chi connectivity index (χ1v) is 7.19.